The van der Waals surface area contributed by atoms with Crippen molar-refractivity contribution in [3.63, 3.8) is 0 Å². The minimum absolute atomic E-state index is 0.106. The van der Waals surface area contributed by atoms with E-state index < -0.39 is 0 Å². The Labute approximate surface area is 179 Å². The lowest BCUT2D eigenvalue weighted by molar-refractivity contribution is 0.210. The first kappa shape index (κ1) is 21.4. The van der Waals surface area contributed by atoms with E-state index in [1.165, 1.54) is 18.0 Å². The number of anilines is 3. The van der Waals surface area contributed by atoms with Crippen molar-refractivity contribution in [2.45, 2.75) is 16.7 Å². The van der Waals surface area contributed by atoms with Crippen molar-refractivity contribution < 1.29 is 9.84 Å². The summed E-state index contributed by atoms with van der Waals surface area (Å²) in [5.41, 5.74) is 8.30. The predicted octanol–water partition coefficient (Wildman–Crippen LogP) is 3.72. The van der Waals surface area contributed by atoms with E-state index in [9.17, 15) is 5.11 Å². The van der Waals surface area contributed by atoms with Crippen molar-refractivity contribution in [3.8, 4) is 5.75 Å². The monoisotopic (exact) mass is 424 g/mol. The number of nitrogens with two attached hydrogens (primary N) is 1. The maximum Gasteiger partial charge on any atom is 0.224 e. The van der Waals surface area contributed by atoms with E-state index in [-0.39, 0.29) is 17.4 Å². The number of nitrogens with zero attached hydrogens (tertiary/aromatic N) is 2. The van der Waals surface area contributed by atoms with Gasteiger partial charge in [0.15, 0.2) is 0 Å². The molecule has 30 heavy (non-hydrogen) atoms. The Kier molecular flexibility index (Phi) is 7.10. The van der Waals surface area contributed by atoms with Crippen LogP contribution in [0, 0.1) is 12.3 Å². The maximum atomic E-state index is 9.48. The summed E-state index contributed by atoms with van der Waals surface area (Å²) in [4.78, 5) is 10.3. The molecular formula is C21H24N6O2S. The molecule has 0 saturated carbocycles. The van der Waals surface area contributed by atoms with Crippen LogP contribution in [0.5, 0.6) is 5.75 Å². The average molecular weight is 425 g/mol. The van der Waals surface area contributed by atoms with Crippen molar-refractivity contribution in [2.75, 3.05) is 36.6 Å². The lowest BCUT2D eigenvalue weighted by Gasteiger charge is -2.15. The number of amidine groups is 1. The Morgan fingerprint density at radius 2 is 2.00 bits per heavy atom. The average Bonchev–Trinajstić information content (AvgIpc) is 2.72. The van der Waals surface area contributed by atoms with Crippen LogP contribution in [0.1, 0.15) is 11.1 Å². The zero-order chi connectivity index (χ0) is 21.5. The van der Waals surface area contributed by atoms with Gasteiger partial charge in [-0.25, -0.2) is 4.98 Å². The second-order valence-electron chi connectivity index (χ2n) is 6.51. The van der Waals surface area contributed by atoms with E-state index in [1.807, 2.05) is 37.3 Å². The van der Waals surface area contributed by atoms with Gasteiger partial charge in [-0.15, -0.1) is 0 Å². The molecule has 0 bridgehead atoms. The highest BCUT2D eigenvalue weighted by Crippen LogP contribution is 2.35. The molecule has 0 radical (unpaired) electrons. The standard InChI is InChI=1S/C21H24N6O2S/c1-13-3-8-18(30-15-6-4-14(28)5-7-15)17(11-13)26-19(22)16-12-25-21(27-20(16)23)24-9-10-29-2/h3-8,11-12,28H,9-10H2,1-2H3,(H2,22,26)(H3,23,24,25,27). The number of phenols is 1. The van der Waals surface area contributed by atoms with Crippen LogP contribution in [-0.2, 0) is 4.74 Å². The molecule has 1 heterocycles. The molecule has 0 amide bonds. The van der Waals surface area contributed by atoms with Crippen LogP contribution in [0.25, 0.3) is 0 Å². The number of hydrogen-bond donors (Lipinski definition) is 5. The van der Waals surface area contributed by atoms with Gasteiger partial charge < -0.3 is 26.2 Å². The van der Waals surface area contributed by atoms with Gasteiger partial charge in [0, 0.05) is 29.6 Å². The van der Waals surface area contributed by atoms with Gasteiger partial charge in [0.1, 0.15) is 17.4 Å². The van der Waals surface area contributed by atoms with Crippen molar-refractivity contribution in [1.29, 1.82) is 5.41 Å². The van der Waals surface area contributed by atoms with Crippen LogP contribution in [0.2, 0.25) is 0 Å². The Balaban J connectivity index is 1.77. The van der Waals surface area contributed by atoms with Gasteiger partial charge in [-0.3, -0.25) is 5.41 Å². The Hall–Kier alpha value is -3.30. The summed E-state index contributed by atoms with van der Waals surface area (Å²) in [7, 11) is 1.62. The smallest absolute Gasteiger partial charge is 0.224 e. The molecule has 9 heteroatoms. The highest BCUT2D eigenvalue weighted by molar-refractivity contribution is 7.99. The normalized spacial score (nSPS) is 10.6. The second-order valence-corrected chi connectivity index (χ2v) is 7.62. The molecule has 0 aliphatic heterocycles. The summed E-state index contributed by atoms with van der Waals surface area (Å²) in [6.07, 6.45) is 1.52. The Bertz CT molecular complexity index is 1030. The second kappa shape index (κ2) is 9.95. The molecule has 3 rings (SSSR count). The van der Waals surface area contributed by atoms with E-state index in [4.69, 9.17) is 15.9 Å². The first-order valence-electron chi connectivity index (χ1n) is 9.25. The van der Waals surface area contributed by atoms with Crippen molar-refractivity contribution in [3.05, 3.63) is 59.8 Å². The van der Waals surface area contributed by atoms with Crippen LogP contribution in [0.3, 0.4) is 0 Å². The van der Waals surface area contributed by atoms with E-state index in [2.05, 4.69) is 20.6 Å². The molecule has 0 fully saturated rings. The molecule has 3 aromatic rings. The van der Waals surface area contributed by atoms with Crippen molar-refractivity contribution in [1.82, 2.24) is 9.97 Å². The summed E-state index contributed by atoms with van der Waals surface area (Å²) in [5.74, 6) is 0.927. The van der Waals surface area contributed by atoms with E-state index in [0.29, 0.717) is 24.7 Å². The highest BCUT2D eigenvalue weighted by Gasteiger charge is 2.13. The number of rotatable bonds is 8. The number of benzene rings is 2. The van der Waals surface area contributed by atoms with Gasteiger partial charge >= 0.3 is 0 Å². The molecule has 156 valence electrons. The number of aromatic hydroxyl groups is 1. The molecule has 6 N–H and O–H groups in total. The van der Waals surface area contributed by atoms with Crippen LogP contribution in [0.15, 0.2) is 58.5 Å². The van der Waals surface area contributed by atoms with Gasteiger partial charge in [-0.05, 0) is 48.9 Å². The summed E-state index contributed by atoms with van der Waals surface area (Å²) in [5, 5.41) is 24.1. The van der Waals surface area contributed by atoms with Crippen molar-refractivity contribution in [2.24, 2.45) is 0 Å². The zero-order valence-corrected chi connectivity index (χ0v) is 17.6. The highest BCUT2D eigenvalue weighted by atomic mass is 32.2. The molecular weight excluding hydrogens is 400 g/mol. The van der Waals surface area contributed by atoms with E-state index >= 15 is 0 Å². The first-order chi connectivity index (χ1) is 14.5. The number of phenolic OH excluding ortho intramolecular Hbond substituents is 1. The SMILES string of the molecule is COCCNc1ncc(C(=N)Nc2cc(C)ccc2Sc2ccc(O)cc2)c(N)n1. The molecule has 0 spiro atoms. The molecule has 0 saturated heterocycles. The number of aryl methyl sites for hydroxylation is 1. The van der Waals surface area contributed by atoms with Crippen molar-refractivity contribution >= 4 is 35.1 Å². The minimum Gasteiger partial charge on any atom is -0.508 e. The number of hydrogen-bond acceptors (Lipinski definition) is 8. The zero-order valence-electron chi connectivity index (χ0n) is 16.8. The quantitative estimate of drug-likeness (QED) is 0.210. The third-order valence-electron chi connectivity index (χ3n) is 4.14. The van der Waals surface area contributed by atoms with Gasteiger partial charge in [0.25, 0.3) is 0 Å². The number of nitrogens with one attached hydrogen (secondary N) is 3. The van der Waals surface area contributed by atoms with Gasteiger partial charge in [-0.1, -0.05) is 17.8 Å². The number of ether oxygens (including phenoxy) is 1. The summed E-state index contributed by atoms with van der Waals surface area (Å²) in [6.45, 7) is 3.07. The van der Waals surface area contributed by atoms with Crippen LogP contribution >= 0.6 is 11.8 Å². The lowest BCUT2D eigenvalue weighted by Crippen LogP contribution is -2.18. The summed E-state index contributed by atoms with van der Waals surface area (Å²) < 4.78 is 4.98. The molecule has 1 aromatic heterocycles. The molecule has 8 nitrogen and oxygen atoms in total. The third kappa shape index (κ3) is 5.62. The third-order valence-corrected chi connectivity index (χ3v) is 5.22. The van der Waals surface area contributed by atoms with Gasteiger partial charge in [0.05, 0.1) is 17.9 Å². The van der Waals surface area contributed by atoms with Crippen LogP contribution < -0.4 is 16.4 Å². The van der Waals surface area contributed by atoms with Crippen LogP contribution in [0.4, 0.5) is 17.5 Å². The summed E-state index contributed by atoms with van der Waals surface area (Å²) in [6, 6.07) is 12.9. The fraction of sp³-hybridized carbons (Fsp3) is 0.190. The number of methoxy groups -OCH3 is 1. The fourth-order valence-electron chi connectivity index (χ4n) is 2.61. The number of nitrogen functional groups attached to an aromatic ring is 1. The molecule has 0 unspecified atom stereocenters. The Morgan fingerprint density at radius 3 is 2.70 bits per heavy atom. The molecule has 0 atom stereocenters. The largest absolute Gasteiger partial charge is 0.508 e. The Morgan fingerprint density at radius 1 is 1.23 bits per heavy atom. The predicted molar refractivity (Wildman–Crippen MR) is 121 cm³/mol. The molecule has 0 aliphatic carbocycles. The fourth-order valence-corrected chi connectivity index (χ4v) is 3.49. The summed E-state index contributed by atoms with van der Waals surface area (Å²) >= 11 is 1.53. The van der Waals surface area contributed by atoms with E-state index in [0.717, 1.165) is 21.0 Å². The van der Waals surface area contributed by atoms with Gasteiger partial charge in [-0.2, -0.15) is 4.98 Å². The topological polar surface area (TPSA) is 129 Å². The van der Waals surface area contributed by atoms with Gasteiger partial charge in [0.2, 0.25) is 5.95 Å². The lowest BCUT2D eigenvalue weighted by atomic mass is 10.2. The maximum absolute atomic E-state index is 9.48. The van der Waals surface area contributed by atoms with E-state index in [1.54, 1.807) is 19.2 Å². The minimum atomic E-state index is 0.106. The van der Waals surface area contributed by atoms with Crippen LogP contribution in [-0.4, -0.2) is 41.2 Å². The first-order valence-corrected chi connectivity index (χ1v) is 10.1. The molecule has 0 aliphatic rings. The molecule has 2 aromatic carbocycles. The number of aromatic nitrogens is 2.